The zero-order chi connectivity index (χ0) is 17.2. The summed E-state index contributed by atoms with van der Waals surface area (Å²) in [4.78, 5) is 12.0. The highest BCUT2D eigenvalue weighted by Crippen LogP contribution is 2.32. The summed E-state index contributed by atoms with van der Waals surface area (Å²) in [6.45, 7) is 9.29. The van der Waals surface area contributed by atoms with E-state index in [0.717, 1.165) is 23.8 Å². The minimum absolute atomic E-state index is 0.0681. The molecule has 4 nitrogen and oxygen atoms in total. The molecular formula is C17H21F2NO3. The molecule has 1 aliphatic heterocycles. The van der Waals surface area contributed by atoms with Crippen LogP contribution in [-0.2, 0) is 9.47 Å². The smallest absolute Gasteiger partial charge is 0.407 e. The molecule has 1 fully saturated rings. The first kappa shape index (κ1) is 17.4. The van der Waals surface area contributed by atoms with Gasteiger partial charge in [-0.05, 0) is 51.0 Å². The third kappa shape index (κ3) is 4.76. The zero-order valence-corrected chi connectivity index (χ0v) is 13.5. The van der Waals surface area contributed by atoms with Crippen LogP contribution >= 0.6 is 0 Å². The summed E-state index contributed by atoms with van der Waals surface area (Å²) in [6.07, 6.45) is -1.04. The van der Waals surface area contributed by atoms with E-state index < -0.39 is 35.5 Å². The minimum atomic E-state index is -0.802. The Balaban J connectivity index is 2.21. The van der Waals surface area contributed by atoms with Crippen LogP contribution in [0.15, 0.2) is 30.4 Å². The molecule has 1 aromatic rings. The van der Waals surface area contributed by atoms with Gasteiger partial charge in [-0.1, -0.05) is 6.58 Å². The predicted molar refractivity (Wildman–Crippen MR) is 82.0 cm³/mol. The van der Waals surface area contributed by atoms with E-state index in [0.29, 0.717) is 6.42 Å². The molecule has 126 valence electrons. The van der Waals surface area contributed by atoms with Crippen molar-refractivity contribution in [3.63, 3.8) is 0 Å². The Morgan fingerprint density at radius 2 is 2.09 bits per heavy atom. The highest BCUT2D eigenvalue weighted by Gasteiger charge is 2.33. The summed E-state index contributed by atoms with van der Waals surface area (Å²) >= 11 is 0. The normalized spacial score (nSPS) is 21.9. The third-order valence-corrected chi connectivity index (χ3v) is 3.31. The summed E-state index contributed by atoms with van der Waals surface area (Å²) in [5.74, 6) is -1.15. The van der Waals surface area contributed by atoms with Crippen molar-refractivity contribution in [1.82, 2.24) is 5.32 Å². The van der Waals surface area contributed by atoms with Crippen LogP contribution in [0.1, 0.15) is 38.9 Å². The lowest BCUT2D eigenvalue weighted by molar-refractivity contribution is 0.00328. The summed E-state index contributed by atoms with van der Waals surface area (Å²) in [6, 6.07) is 2.58. The maximum atomic E-state index is 14.0. The van der Waals surface area contributed by atoms with Crippen molar-refractivity contribution in [2.75, 3.05) is 6.61 Å². The van der Waals surface area contributed by atoms with Crippen LogP contribution in [0.2, 0.25) is 0 Å². The number of amides is 1. The Bertz CT molecular complexity index is 610. The van der Waals surface area contributed by atoms with Crippen LogP contribution in [0.5, 0.6) is 0 Å². The van der Waals surface area contributed by atoms with Gasteiger partial charge in [0, 0.05) is 5.56 Å². The average Bonchev–Trinajstić information content (AvgIpc) is 2.40. The number of benzene rings is 1. The molecule has 0 saturated carbocycles. The summed E-state index contributed by atoms with van der Waals surface area (Å²) in [7, 11) is 0. The van der Waals surface area contributed by atoms with Gasteiger partial charge in [-0.3, -0.25) is 0 Å². The fraction of sp³-hybridized carbons (Fsp3) is 0.471. The first-order chi connectivity index (χ1) is 10.7. The van der Waals surface area contributed by atoms with Gasteiger partial charge in [-0.25, -0.2) is 13.6 Å². The fourth-order valence-corrected chi connectivity index (χ4v) is 2.43. The van der Waals surface area contributed by atoms with Crippen LogP contribution < -0.4 is 5.32 Å². The van der Waals surface area contributed by atoms with Crippen LogP contribution in [0.25, 0.3) is 0 Å². The first-order valence-electron chi connectivity index (χ1n) is 7.38. The largest absolute Gasteiger partial charge is 0.444 e. The van der Waals surface area contributed by atoms with E-state index in [1.807, 2.05) is 0 Å². The van der Waals surface area contributed by atoms with Crippen molar-refractivity contribution in [3.8, 4) is 0 Å². The monoisotopic (exact) mass is 325 g/mol. The number of rotatable bonds is 2. The molecule has 2 atom stereocenters. The van der Waals surface area contributed by atoms with Gasteiger partial charge in [0.25, 0.3) is 0 Å². The quantitative estimate of drug-likeness (QED) is 0.840. The number of hydrogen-bond acceptors (Lipinski definition) is 3. The topological polar surface area (TPSA) is 47.6 Å². The molecule has 1 aromatic carbocycles. The Hall–Kier alpha value is -1.95. The van der Waals surface area contributed by atoms with Crippen molar-refractivity contribution in [1.29, 1.82) is 0 Å². The van der Waals surface area contributed by atoms with Crippen molar-refractivity contribution in [3.05, 3.63) is 47.5 Å². The van der Waals surface area contributed by atoms with Crippen molar-refractivity contribution >= 4 is 6.09 Å². The molecule has 1 unspecified atom stereocenters. The molecule has 6 heteroatoms. The molecule has 1 amide bonds. The Morgan fingerprint density at radius 3 is 2.74 bits per heavy atom. The molecule has 1 aliphatic rings. The van der Waals surface area contributed by atoms with Crippen LogP contribution in [0, 0.1) is 11.6 Å². The standard InChI is InChI=1S/C17H21F2NO3/c1-10-7-14(20-16(21)23-17(2,3)4)15(22-9-10)12-8-11(18)5-6-13(12)19/h5-6,8,14-15H,1,7,9H2,2-4H3,(H,20,21)/t14-,15?/m0/s1. The van der Waals surface area contributed by atoms with Gasteiger partial charge in [0.15, 0.2) is 0 Å². The van der Waals surface area contributed by atoms with Gasteiger partial charge < -0.3 is 14.8 Å². The number of halogens is 2. The summed E-state index contributed by atoms with van der Waals surface area (Å²) in [5.41, 5.74) is 0.175. The molecule has 23 heavy (non-hydrogen) atoms. The van der Waals surface area contributed by atoms with Crippen molar-refractivity contribution in [2.45, 2.75) is 44.9 Å². The molecule has 1 heterocycles. The third-order valence-electron chi connectivity index (χ3n) is 3.31. The van der Waals surface area contributed by atoms with E-state index in [4.69, 9.17) is 9.47 Å². The lowest BCUT2D eigenvalue weighted by atomic mass is 9.93. The van der Waals surface area contributed by atoms with Gasteiger partial charge in [0.2, 0.25) is 0 Å². The summed E-state index contributed by atoms with van der Waals surface area (Å²) in [5, 5.41) is 2.66. The highest BCUT2D eigenvalue weighted by molar-refractivity contribution is 5.68. The zero-order valence-electron chi connectivity index (χ0n) is 13.5. The van der Waals surface area contributed by atoms with E-state index in [-0.39, 0.29) is 12.2 Å². The Labute approximate surface area is 134 Å². The molecule has 2 rings (SSSR count). The number of nitrogens with one attached hydrogen (secondary N) is 1. The van der Waals surface area contributed by atoms with Gasteiger partial charge in [-0.2, -0.15) is 0 Å². The Morgan fingerprint density at radius 1 is 1.39 bits per heavy atom. The minimum Gasteiger partial charge on any atom is -0.444 e. The maximum Gasteiger partial charge on any atom is 0.407 e. The summed E-state index contributed by atoms with van der Waals surface area (Å²) < 4.78 is 38.2. The maximum absolute atomic E-state index is 14.0. The average molecular weight is 325 g/mol. The van der Waals surface area contributed by atoms with Gasteiger partial charge in [-0.15, -0.1) is 0 Å². The lowest BCUT2D eigenvalue weighted by Crippen LogP contribution is -2.45. The lowest BCUT2D eigenvalue weighted by Gasteiger charge is -2.34. The molecule has 0 aromatic heterocycles. The van der Waals surface area contributed by atoms with Gasteiger partial charge >= 0.3 is 6.09 Å². The molecule has 1 N–H and O–H groups in total. The number of carbonyl (C=O) groups is 1. The van der Waals surface area contributed by atoms with E-state index in [9.17, 15) is 13.6 Å². The van der Waals surface area contributed by atoms with Gasteiger partial charge in [0.05, 0.1) is 12.6 Å². The second-order valence-electron chi connectivity index (χ2n) is 6.60. The molecule has 0 aliphatic carbocycles. The second kappa shape index (κ2) is 6.66. The molecule has 0 spiro atoms. The van der Waals surface area contributed by atoms with Crippen LogP contribution in [0.3, 0.4) is 0 Å². The first-order valence-corrected chi connectivity index (χ1v) is 7.38. The fourth-order valence-electron chi connectivity index (χ4n) is 2.43. The number of hydrogen-bond donors (Lipinski definition) is 1. The molecule has 1 saturated heterocycles. The second-order valence-corrected chi connectivity index (χ2v) is 6.60. The number of ether oxygens (including phenoxy) is 2. The van der Waals surface area contributed by atoms with Gasteiger partial charge in [0.1, 0.15) is 23.3 Å². The van der Waals surface area contributed by atoms with Crippen LogP contribution in [0.4, 0.5) is 13.6 Å². The molecular weight excluding hydrogens is 304 g/mol. The van der Waals surface area contributed by atoms with Crippen molar-refractivity contribution < 1.29 is 23.0 Å². The van der Waals surface area contributed by atoms with E-state index in [1.165, 1.54) is 0 Å². The van der Waals surface area contributed by atoms with Crippen molar-refractivity contribution in [2.24, 2.45) is 0 Å². The van der Waals surface area contributed by atoms with E-state index >= 15 is 0 Å². The predicted octanol–water partition coefficient (Wildman–Crippen LogP) is 3.88. The number of alkyl carbamates (subject to hydrolysis) is 1. The van der Waals surface area contributed by atoms with Crippen LogP contribution in [-0.4, -0.2) is 24.3 Å². The Kier molecular flexibility index (Phi) is 5.04. The van der Waals surface area contributed by atoms with E-state index in [2.05, 4.69) is 11.9 Å². The number of carbonyl (C=O) groups excluding carboxylic acids is 1. The highest BCUT2D eigenvalue weighted by atomic mass is 19.1. The SMILES string of the molecule is C=C1COC(c2cc(F)ccc2F)[C@@H](NC(=O)OC(C)(C)C)C1. The molecule has 0 radical (unpaired) electrons. The van der Waals surface area contributed by atoms with E-state index in [1.54, 1.807) is 20.8 Å². The molecule has 0 bridgehead atoms.